The lowest BCUT2D eigenvalue weighted by molar-refractivity contribution is 0.187. The summed E-state index contributed by atoms with van der Waals surface area (Å²) in [7, 11) is 0. The van der Waals surface area contributed by atoms with Crippen LogP contribution < -0.4 is 10.6 Å². The van der Waals surface area contributed by atoms with Gasteiger partial charge in [-0.1, -0.05) is 30.3 Å². The molecule has 0 heterocycles. The van der Waals surface area contributed by atoms with Gasteiger partial charge in [0.1, 0.15) is 0 Å². The number of fused-ring (bicyclic) bond motifs is 3. The van der Waals surface area contributed by atoms with Gasteiger partial charge < -0.3 is 15.7 Å². The molecule has 3 N–H and O–H groups in total. The van der Waals surface area contributed by atoms with Gasteiger partial charge in [-0.3, -0.25) is 0 Å². The summed E-state index contributed by atoms with van der Waals surface area (Å²) in [4.78, 5) is 12.0. The first kappa shape index (κ1) is 14.6. The van der Waals surface area contributed by atoms with Crippen molar-refractivity contribution in [2.45, 2.75) is 25.8 Å². The molecule has 0 atom stereocenters. The van der Waals surface area contributed by atoms with E-state index in [1.807, 2.05) is 30.3 Å². The van der Waals surface area contributed by atoms with Crippen LogP contribution in [0.4, 0.5) is 10.5 Å². The Morgan fingerprint density at radius 2 is 1.86 bits per heavy atom. The number of carbonyl (C=O) groups excluding carboxylic acids is 1. The van der Waals surface area contributed by atoms with Gasteiger partial charge in [0, 0.05) is 5.69 Å². The van der Waals surface area contributed by atoms with E-state index in [0.29, 0.717) is 0 Å². The van der Waals surface area contributed by atoms with E-state index in [1.54, 1.807) is 13.8 Å². The quantitative estimate of drug-likeness (QED) is 0.695. The van der Waals surface area contributed by atoms with Crippen LogP contribution in [0.3, 0.4) is 0 Å². The monoisotopic (exact) mass is 296 g/mol. The molecule has 0 spiro atoms. The fourth-order valence-corrected chi connectivity index (χ4v) is 2.73. The molecule has 2 aromatic rings. The number of benzene rings is 2. The van der Waals surface area contributed by atoms with Gasteiger partial charge in [0.2, 0.25) is 0 Å². The predicted octanol–water partition coefficient (Wildman–Crippen LogP) is 3.15. The van der Waals surface area contributed by atoms with Gasteiger partial charge in [-0.2, -0.15) is 0 Å². The van der Waals surface area contributed by atoms with E-state index < -0.39 is 5.54 Å². The minimum atomic E-state index is -0.642. The van der Waals surface area contributed by atoms with Crippen molar-refractivity contribution in [2.75, 3.05) is 11.9 Å². The van der Waals surface area contributed by atoms with Gasteiger partial charge in [0.15, 0.2) is 0 Å². The molecule has 3 rings (SSSR count). The highest BCUT2D eigenvalue weighted by Gasteiger charge is 2.20. The number of aliphatic hydroxyl groups is 1. The minimum Gasteiger partial charge on any atom is -0.394 e. The largest absolute Gasteiger partial charge is 0.394 e. The van der Waals surface area contributed by atoms with Gasteiger partial charge in [0.05, 0.1) is 12.1 Å². The lowest BCUT2D eigenvalue weighted by Crippen LogP contribution is -2.48. The Labute approximate surface area is 130 Å². The van der Waals surface area contributed by atoms with E-state index in [-0.39, 0.29) is 12.6 Å². The zero-order valence-electron chi connectivity index (χ0n) is 12.8. The summed E-state index contributed by atoms with van der Waals surface area (Å²) in [5, 5.41) is 14.8. The predicted molar refractivity (Wildman–Crippen MR) is 88.0 cm³/mol. The first-order valence-corrected chi connectivity index (χ1v) is 7.40. The van der Waals surface area contributed by atoms with Crippen LogP contribution in [0.15, 0.2) is 42.5 Å². The molecule has 1 aliphatic carbocycles. The molecule has 114 valence electrons. The van der Waals surface area contributed by atoms with Crippen LogP contribution in [0.25, 0.3) is 11.1 Å². The average Bonchev–Trinajstić information content (AvgIpc) is 2.84. The third-order valence-corrected chi connectivity index (χ3v) is 3.90. The van der Waals surface area contributed by atoms with Crippen LogP contribution in [0.5, 0.6) is 0 Å². The van der Waals surface area contributed by atoms with Crippen molar-refractivity contribution in [2.24, 2.45) is 0 Å². The van der Waals surface area contributed by atoms with Crippen LogP contribution in [-0.2, 0) is 6.42 Å². The molecule has 0 unspecified atom stereocenters. The van der Waals surface area contributed by atoms with Gasteiger partial charge in [-0.05, 0) is 54.7 Å². The smallest absolute Gasteiger partial charge is 0.319 e. The van der Waals surface area contributed by atoms with E-state index in [0.717, 1.165) is 12.1 Å². The maximum atomic E-state index is 12.0. The van der Waals surface area contributed by atoms with Crippen LogP contribution >= 0.6 is 0 Å². The van der Waals surface area contributed by atoms with Crippen LogP contribution in [-0.4, -0.2) is 23.3 Å². The summed E-state index contributed by atoms with van der Waals surface area (Å²) in [5.74, 6) is 0. The third kappa shape index (κ3) is 2.83. The molecule has 0 aromatic heterocycles. The minimum absolute atomic E-state index is 0.111. The molecule has 0 aliphatic heterocycles. The molecular formula is C18H20N2O2. The summed E-state index contributed by atoms with van der Waals surface area (Å²) < 4.78 is 0. The second-order valence-corrected chi connectivity index (χ2v) is 6.33. The Kier molecular flexibility index (Phi) is 3.62. The number of urea groups is 1. The maximum absolute atomic E-state index is 12.0. The number of carbonyl (C=O) groups is 1. The average molecular weight is 296 g/mol. The Morgan fingerprint density at radius 1 is 1.14 bits per heavy atom. The SMILES string of the molecule is CC(C)(CO)NC(=O)Nc1ccc2c(c1)Cc1ccccc1-2. The van der Waals surface area contributed by atoms with E-state index in [2.05, 4.69) is 22.8 Å². The molecule has 0 saturated carbocycles. The van der Waals surface area contributed by atoms with Gasteiger partial charge in [0.25, 0.3) is 0 Å². The Bertz CT molecular complexity index is 723. The van der Waals surface area contributed by atoms with Gasteiger partial charge >= 0.3 is 6.03 Å². The summed E-state index contributed by atoms with van der Waals surface area (Å²) >= 11 is 0. The van der Waals surface area contributed by atoms with Gasteiger partial charge in [-0.25, -0.2) is 4.79 Å². The summed E-state index contributed by atoms with van der Waals surface area (Å²) in [6.07, 6.45) is 0.894. The van der Waals surface area contributed by atoms with Crippen molar-refractivity contribution in [1.29, 1.82) is 0 Å². The second kappa shape index (κ2) is 5.46. The number of nitrogens with one attached hydrogen (secondary N) is 2. The number of aliphatic hydroxyl groups excluding tert-OH is 1. The Balaban J connectivity index is 1.76. The molecule has 2 aromatic carbocycles. The first-order chi connectivity index (χ1) is 10.5. The van der Waals surface area contributed by atoms with Gasteiger partial charge in [-0.15, -0.1) is 0 Å². The standard InChI is InChI=1S/C18H20N2O2/c1-18(2,11-21)20-17(22)19-14-7-8-16-13(10-14)9-12-5-3-4-6-15(12)16/h3-8,10,21H,9,11H2,1-2H3,(H2,19,20,22). The number of hydrogen-bond donors (Lipinski definition) is 3. The zero-order valence-corrected chi connectivity index (χ0v) is 12.8. The number of hydrogen-bond acceptors (Lipinski definition) is 2. The molecule has 0 bridgehead atoms. The van der Waals surface area contributed by atoms with E-state index in [4.69, 9.17) is 0 Å². The number of rotatable bonds is 3. The van der Waals surface area contributed by atoms with Crippen LogP contribution in [0, 0.1) is 0 Å². The summed E-state index contributed by atoms with van der Waals surface area (Å²) in [5.41, 5.74) is 5.17. The van der Waals surface area contributed by atoms with Crippen molar-refractivity contribution in [3.05, 3.63) is 53.6 Å². The van der Waals surface area contributed by atoms with E-state index in [1.165, 1.54) is 22.3 Å². The number of amides is 2. The van der Waals surface area contributed by atoms with Crippen LogP contribution in [0.1, 0.15) is 25.0 Å². The van der Waals surface area contributed by atoms with E-state index in [9.17, 15) is 9.90 Å². The van der Waals surface area contributed by atoms with E-state index >= 15 is 0 Å². The van der Waals surface area contributed by atoms with Crippen LogP contribution in [0.2, 0.25) is 0 Å². The molecular weight excluding hydrogens is 276 g/mol. The van der Waals surface area contributed by atoms with Crippen molar-refractivity contribution in [3.63, 3.8) is 0 Å². The fraction of sp³-hybridized carbons (Fsp3) is 0.278. The molecule has 4 nitrogen and oxygen atoms in total. The first-order valence-electron chi connectivity index (χ1n) is 7.40. The lowest BCUT2D eigenvalue weighted by Gasteiger charge is -2.23. The number of anilines is 1. The second-order valence-electron chi connectivity index (χ2n) is 6.33. The summed E-state index contributed by atoms with van der Waals surface area (Å²) in [6, 6.07) is 14.0. The third-order valence-electron chi connectivity index (χ3n) is 3.90. The molecule has 0 saturated heterocycles. The molecule has 4 heteroatoms. The topological polar surface area (TPSA) is 61.4 Å². The van der Waals surface area contributed by atoms with Crippen molar-refractivity contribution in [3.8, 4) is 11.1 Å². The normalized spacial score (nSPS) is 12.5. The molecule has 0 radical (unpaired) electrons. The zero-order chi connectivity index (χ0) is 15.7. The molecule has 2 amide bonds. The Morgan fingerprint density at radius 3 is 2.64 bits per heavy atom. The lowest BCUT2D eigenvalue weighted by atomic mass is 10.1. The Hall–Kier alpha value is -2.33. The van der Waals surface area contributed by atoms with Crippen molar-refractivity contribution in [1.82, 2.24) is 5.32 Å². The van der Waals surface area contributed by atoms with Crippen molar-refractivity contribution < 1.29 is 9.90 Å². The highest BCUT2D eigenvalue weighted by Crippen LogP contribution is 2.37. The molecule has 1 aliphatic rings. The highest BCUT2D eigenvalue weighted by molar-refractivity contribution is 5.91. The molecule has 0 fully saturated rings. The maximum Gasteiger partial charge on any atom is 0.319 e. The molecule has 22 heavy (non-hydrogen) atoms. The highest BCUT2D eigenvalue weighted by atomic mass is 16.3. The van der Waals surface area contributed by atoms with Crippen molar-refractivity contribution >= 4 is 11.7 Å². The summed E-state index contributed by atoms with van der Waals surface area (Å²) in [6.45, 7) is 3.43. The fourth-order valence-electron chi connectivity index (χ4n) is 2.73.